The van der Waals surface area contributed by atoms with Gasteiger partial charge in [-0.25, -0.2) is 0 Å². The normalized spacial score (nSPS) is 11.0. The van der Waals surface area contributed by atoms with E-state index < -0.39 is 0 Å². The van der Waals surface area contributed by atoms with Crippen LogP contribution in [0.2, 0.25) is 0 Å². The van der Waals surface area contributed by atoms with E-state index >= 15 is 0 Å². The van der Waals surface area contributed by atoms with Crippen molar-refractivity contribution in [3.05, 3.63) is 47.3 Å². The van der Waals surface area contributed by atoms with Gasteiger partial charge >= 0.3 is 0 Å². The Balaban J connectivity index is -0.0000000873. The van der Waals surface area contributed by atoms with E-state index in [0.29, 0.717) is 0 Å². The number of aliphatic hydroxyl groups is 4. The van der Waals surface area contributed by atoms with Crippen molar-refractivity contribution in [3.63, 3.8) is 0 Å². The SMILES string of the molecule is CC(=O)/C=C(\C)O.CC(=O)/C=C(\C)O.CC(=O)/C=C(\C)O.CC(=O)/C=C(\C)O.[Hf]. The third kappa shape index (κ3) is 76.9. The molecule has 29 heavy (non-hydrogen) atoms. The second kappa shape index (κ2) is 23.7. The number of aliphatic hydroxyl groups excluding tert-OH is 4. The minimum Gasteiger partial charge on any atom is -0.512 e. The van der Waals surface area contributed by atoms with E-state index in [1.807, 2.05) is 0 Å². The molecule has 0 unspecified atom stereocenters. The number of carbonyl (C=O) groups is 4. The minimum atomic E-state index is -0.125. The molecule has 0 aliphatic rings. The zero-order valence-corrected chi connectivity index (χ0v) is 21.8. The predicted molar refractivity (Wildman–Crippen MR) is 108 cm³/mol. The minimum absolute atomic E-state index is 0. The average molecular weight is 579 g/mol. The Morgan fingerprint density at radius 2 is 0.517 bits per heavy atom. The Morgan fingerprint density at radius 1 is 0.414 bits per heavy atom. The molecule has 0 amide bonds. The molecule has 0 aliphatic carbocycles. The molecular weight excluding hydrogens is 547 g/mol. The van der Waals surface area contributed by atoms with Gasteiger partial charge in [0.1, 0.15) is 0 Å². The van der Waals surface area contributed by atoms with E-state index in [2.05, 4.69) is 0 Å². The summed E-state index contributed by atoms with van der Waals surface area (Å²) in [6, 6.07) is 0. The predicted octanol–water partition coefficient (Wildman–Crippen LogP) is 4.15. The maximum absolute atomic E-state index is 10.0. The summed E-state index contributed by atoms with van der Waals surface area (Å²) in [6.45, 7) is 11.4. The summed E-state index contributed by atoms with van der Waals surface area (Å²) in [5.41, 5.74) is 0. The van der Waals surface area contributed by atoms with Crippen LogP contribution >= 0.6 is 0 Å². The first kappa shape index (κ1) is 37.5. The maximum Gasteiger partial charge on any atom is 0.155 e. The molecule has 0 aliphatic heterocycles. The van der Waals surface area contributed by atoms with Crippen LogP contribution in [0.25, 0.3) is 0 Å². The molecule has 0 saturated heterocycles. The van der Waals surface area contributed by atoms with Crippen molar-refractivity contribution in [2.24, 2.45) is 0 Å². The molecule has 0 spiro atoms. The van der Waals surface area contributed by atoms with Gasteiger partial charge in [-0.15, -0.1) is 0 Å². The van der Waals surface area contributed by atoms with Gasteiger partial charge in [-0.2, -0.15) is 0 Å². The van der Waals surface area contributed by atoms with E-state index in [1.165, 1.54) is 79.7 Å². The summed E-state index contributed by atoms with van der Waals surface area (Å²) in [6.07, 6.45) is 4.67. The van der Waals surface area contributed by atoms with Crippen LogP contribution in [0.3, 0.4) is 0 Å². The summed E-state index contributed by atoms with van der Waals surface area (Å²) in [4.78, 5) is 40.1. The average Bonchev–Trinajstić information content (AvgIpc) is 2.32. The molecule has 164 valence electrons. The van der Waals surface area contributed by atoms with Gasteiger partial charge in [0.15, 0.2) is 23.1 Å². The molecule has 0 fully saturated rings. The number of hydrogen-bond acceptors (Lipinski definition) is 8. The smallest absolute Gasteiger partial charge is 0.155 e. The molecule has 0 aromatic rings. The molecular formula is C20H32HfO8. The van der Waals surface area contributed by atoms with E-state index in [1.54, 1.807) is 0 Å². The standard InChI is InChI=1S/4C5H8O2.Hf/c4*1-4(6)3-5(2)7;/h4*3,6H,1-2H3;/b4*4-3+;. The van der Waals surface area contributed by atoms with Crippen molar-refractivity contribution < 1.29 is 65.4 Å². The summed E-state index contributed by atoms with van der Waals surface area (Å²) in [5, 5.41) is 33.5. The van der Waals surface area contributed by atoms with Crippen molar-refractivity contribution in [2.45, 2.75) is 55.4 Å². The Hall–Kier alpha value is -2.29. The van der Waals surface area contributed by atoms with Gasteiger partial charge in [-0.05, 0) is 55.4 Å². The molecule has 0 saturated carbocycles. The third-order valence-corrected chi connectivity index (χ3v) is 1.65. The quantitative estimate of drug-likeness (QED) is 0.221. The van der Waals surface area contributed by atoms with Gasteiger partial charge in [-0.3, -0.25) is 19.2 Å². The monoisotopic (exact) mass is 580 g/mol. The van der Waals surface area contributed by atoms with Crippen molar-refractivity contribution in [3.8, 4) is 0 Å². The molecule has 8 nitrogen and oxygen atoms in total. The van der Waals surface area contributed by atoms with Crippen LogP contribution in [-0.4, -0.2) is 43.6 Å². The van der Waals surface area contributed by atoms with Crippen molar-refractivity contribution >= 4 is 23.1 Å². The van der Waals surface area contributed by atoms with Crippen molar-refractivity contribution in [1.82, 2.24) is 0 Å². The van der Waals surface area contributed by atoms with Crippen LogP contribution in [0.5, 0.6) is 0 Å². The summed E-state index contributed by atoms with van der Waals surface area (Å²) >= 11 is 0. The first-order chi connectivity index (χ1) is 12.5. The van der Waals surface area contributed by atoms with Gasteiger partial charge < -0.3 is 20.4 Å². The summed E-state index contributed by atoms with van der Waals surface area (Å²) in [7, 11) is 0. The van der Waals surface area contributed by atoms with E-state index in [9.17, 15) is 19.2 Å². The first-order valence-electron chi connectivity index (χ1n) is 8.02. The zero-order valence-electron chi connectivity index (χ0n) is 18.2. The molecule has 0 aromatic heterocycles. The molecule has 0 heterocycles. The molecule has 0 bridgehead atoms. The molecule has 9 heteroatoms. The van der Waals surface area contributed by atoms with Crippen molar-refractivity contribution in [1.29, 1.82) is 0 Å². The van der Waals surface area contributed by atoms with Crippen LogP contribution in [0.4, 0.5) is 0 Å². The van der Waals surface area contributed by atoms with Gasteiger partial charge in [0.2, 0.25) is 0 Å². The Bertz CT molecular complexity index is 513. The topological polar surface area (TPSA) is 149 Å². The van der Waals surface area contributed by atoms with Gasteiger partial charge in [0, 0.05) is 50.1 Å². The zero-order chi connectivity index (χ0) is 23.4. The maximum atomic E-state index is 10.0. The Labute approximate surface area is 191 Å². The fourth-order valence-electron chi connectivity index (χ4n) is 1.18. The van der Waals surface area contributed by atoms with Crippen LogP contribution < -0.4 is 0 Å². The summed E-state index contributed by atoms with van der Waals surface area (Å²) in [5.74, 6) is -0.250. The largest absolute Gasteiger partial charge is 0.512 e. The van der Waals surface area contributed by atoms with Gasteiger partial charge in [0.25, 0.3) is 0 Å². The van der Waals surface area contributed by atoms with Crippen LogP contribution in [0.1, 0.15) is 55.4 Å². The molecule has 4 N–H and O–H groups in total. The van der Waals surface area contributed by atoms with Gasteiger partial charge in [-0.1, -0.05) is 0 Å². The molecule has 0 radical (unpaired) electrons. The summed E-state index contributed by atoms with van der Waals surface area (Å²) < 4.78 is 0. The van der Waals surface area contributed by atoms with Gasteiger partial charge in [0.05, 0.1) is 23.0 Å². The Morgan fingerprint density at radius 3 is 0.517 bits per heavy atom. The number of carbonyl (C=O) groups excluding carboxylic acids is 4. The number of ketones is 4. The second-order valence-electron chi connectivity index (χ2n) is 5.59. The van der Waals surface area contributed by atoms with Crippen LogP contribution in [0.15, 0.2) is 47.3 Å². The molecule has 0 rings (SSSR count). The third-order valence-electron chi connectivity index (χ3n) is 1.65. The second-order valence-corrected chi connectivity index (χ2v) is 5.59. The Kier molecular flexibility index (Phi) is 30.7. The van der Waals surface area contributed by atoms with Crippen molar-refractivity contribution in [2.75, 3.05) is 0 Å². The molecule has 0 atom stereocenters. The van der Waals surface area contributed by atoms with E-state index in [4.69, 9.17) is 20.4 Å². The van der Waals surface area contributed by atoms with Crippen LogP contribution in [-0.2, 0) is 45.0 Å². The van der Waals surface area contributed by atoms with Crippen LogP contribution in [0, 0.1) is 0 Å². The number of hydrogen-bond donors (Lipinski definition) is 4. The number of allylic oxidation sites excluding steroid dienone is 8. The molecule has 0 aromatic carbocycles. The number of rotatable bonds is 4. The van der Waals surface area contributed by atoms with E-state index in [-0.39, 0.29) is 72.0 Å². The fraction of sp³-hybridized carbons (Fsp3) is 0.400. The van der Waals surface area contributed by atoms with E-state index in [0.717, 1.165) is 0 Å². The first-order valence-corrected chi connectivity index (χ1v) is 8.02. The fourth-order valence-corrected chi connectivity index (χ4v) is 1.18.